The molecule has 0 unspecified atom stereocenters. The van der Waals surface area contributed by atoms with Crippen LogP contribution in [0.25, 0.3) is 0 Å². The standard InChI is InChI=1S/C9H10N4OS/c10-8(15)12-6-2-1-5-4-11-9(14)13-7(5)3-6/h1-3H,4H2,(H3,10,12,15)(H2,11,13,14). The molecule has 0 saturated carbocycles. The summed E-state index contributed by atoms with van der Waals surface area (Å²) in [5.74, 6) is 0. The Hall–Kier alpha value is -1.82. The van der Waals surface area contributed by atoms with Crippen LogP contribution in [0.5, 0.6) is 0 Å². The van der Waals surface area contributed by atoms with Crippen LogP contribution in [0.3, 0.4) is 0 Å². The maximum absolute atomic E-state index is 11.1. The lowest BCUT2D eigenvalue weighted by molar-refractivity contribution is 0.251. The van der Waals surface area contributed by atoms with Crippen molar-refractivity contribution in [1.29, 1.82) is 0 Å². The van der Waals surface area contributed by atoms with Crippen molar-refractivity contribution in [3.05, 3.63) is 23.8 Å². The molecule has 0 fully saturated rings. The molecule has 0 aliphatic carbocycles. The number of carbonyl (C=O) groups excluding carboxylic acids is 1. The van der Waals surface area contributed by atoms with Crippen molar-refractivity contribution in [3.8, 4) is 0 Å². The number of benzene rings is 1. The smallest absolute Gasteiger partial charge is 0.319 e. The number of anilines is 2. The van der Waals surface area contributed by atoms with Crippen LogP contribution in [0, 0.1) is 0 Å². The maximum atomic E-state index is 11.1. The van der Waals surface area contributed by atoms with Gasteiger partial charge in [-0.05, 0) is 29.9 Å². The van der Waals surface area contributed by atoms with Crippen molar-refractivity contribution < 1.29 is 4.79 Å². The Bertz CT molecular complexity index is 432. The molecule has 0 radical (unpaired) electrons. The van der Waals surface area contributed by atoms with Crippen molar-refractivity contribution in [1.82, 2.24) is 5.32 Å². The highest BCUT2D eigenvalue weighted by Crippen LogP contribution is 2.23. The summed E-state index contributed by atoms with van der Waals surface area (Å²) in [7, 11) is 0. The molecule has 1 aliphatic heterocycles. The molecule has 1 aliphatic rings. The van der Waals surface area contributed by atoms with Crippen molar-refractivity contribution in [3.63, 3.8) is 0 Å². The van der Waals surface area contributed by atoms with Gasteiger partial charge in [-0.3, -0.25) is 0 Å². The van der Waals surface area contributed by atoms with Crippen molar-refractivity contribution >= 4 is 34.7 Å². The summed E-state index contributed by atoms with van der Waals surface area (Å²) in [6.45, 7) is 0.536. The van der Waals surface area contributed by atoms with Crippen LogP contribution < -0.4 is 21.7 Å². The molecule has 1 heterocycles. The number of carbonyl (C=O) groups is 1. The zero-order chi connectivity index (χ0) is 10.8. The van der Waals surface area contributed by atoms with Crippen LogP contribution >= 0.6 is 12.2 Å². The predicted octanol–water partition coefficient (Wildman–Crippen LogP) is 0.977. The van der Waals surface area contributed by atoms with Gasteiger partial charge in [-0.1, -0.05) is 6.07 Å². The van der Waals surface area contributed by atoms with E-state index in [-0.39, 0.29) is 11.1 Å². The van der Waals surface area contributed by atoms with Gasteiger partial charge in [0.1, 0.15) is 0 Å². The van der Waals surface area contributed by atoms with E-state index in [4.69, 9.17) is 18.0 Å². The molecule has 2 rings (SSSR count). The summed E-state index contributed by atoms with van der Waals surface area (Å²) in [6, 6.07) is 5.36. The van der Waals surface area contributed by atoms with Gasteiger partial charge >= 0.3 is 6.03 Å². The molecule has 5 N–H and O–H groups in total. The monoisotopic (exact) mass is 222 g/mol. The maximum Gasteiger partial charge on any atom is 0.319 e. The first-order chi connectivity index (χ1) is 7.15. The third-order valence-electron chi connectivity index (χ3n) is 2.07. The van der Waals surface area contributed by atoms with Crippen LogP contribution in [0.4, 0.5) is 16.2 Å². The molecular weight excluding hydrogens is 212 g/mol. The minimum atomic E-state index is -0.199. The van der Waals surface area contributed by atoms with E-state index in [0.717, 1.165) is 16.9 Å². The lowest BCUT2D eigenvalue weighted by atomic mass is 10.1. The second-order valence-corrected chi connectivity index (χ2v) is 3.61. The number of rotatable bonds is 1. The van der Waals surface area contributed by atoms with Gasteiger partial charge in [-0.25, -0.2) is 4.79 Å². The minimum absolute atomic E-state index is 0.199. The first-order valence-electron chi connectivity index (χ1n) is 4.39. The van der Waals surface area contributed by atoms with Gasteiger partial charge in [-0.15, -0.1) is 0 Å². The van der Waals surface area contributed by atoms with E-state index >= 15 is 0 Å². The largest absolute Gasteiger partial charge is 0.376 e. The Morgan fingerprint density at radius 1 is 1.53 bits per heavy atom. The van der Waals surface area contributed by atoms with Gasteiger partial charge in [-0.2, -0.15) is 0 Å². The van der Waals surface area contributed by atoms with E-state index in [9.17, 15) is 4.79 Å². The van der Waals surface area contributed by atoms with Crippen molar-refractivity contribution in [2.45, 2.75) is 6.54 Å². The second kappa shape index (κ2) is 3.74. The minimum Gasteiger partial charge on any atom is -0.376 e. The average Bonchev–Trinajstić information content (AvgIpc) is 2.16. The summed E-state index contributed by atoms with van der Waals surface area (Å²) in [5, 5.41) is 8.39. The fraction of sp³-hybridized carbons (Fsp3) is 0.111. The molecule has 1 aromatic rings. The first kappa shape index (κ1) is 9.72. The Balaban J connectivity index is 2.28. The third-order valence-corrected chi connectivity index (χ3v) is 2.17. The average molecular weight is 222 g/mol. The van der Waals surface area contributed by atoms with Gasteiger partial charge in [0.15, 0.2) is 5.11 Å². The van der Waals surface area contributed by atoms with E-state index in [1.54, 1.807) is 6.07 Å². The summed E-state index contributed by atoms with van der Waals surface area (Å²) in [5.41, 5.74) is 7.92. The number of urea groups is 1. The number of fused-ring (bicyclic) bond motifs is 1. The Kier molecular flexibility index (Phi) is 2.42. The summed E-state index contributed by atoms with van der Waals surface area (Å²) in [6.07, 6.45) is 0. The molecule has 0 aromatic heterocycles. The van der Waals surface area contributed by atoms with Crippen LogP contribution in [0.1, 0.15) is 5.56 Å². The number of nitrogens with two attached hydrogens (primary N) is 1. The Morgan fingerprint density at radius 3 is 3.07 bits per heavy atom. The van der Waals surface area contributed by atoms with E-state index in [0.29, 0.717) is 6.54 Å². The third kappa shape index (κ3) is 2.16. The van der Waals surface area contributed by atoms with E-state index < -0.39 is 0 Å². The van der Waals surface area contributed by atoms with E-state index in [2.05, 4.69) is 16.0 Å². The highest BCUT2D eigenvalue weighted by molar-refractivity contribution is 7.80. The quantitative estimate of drug-likeness (QED) is 0.534. The topological polar surface area (TPSA) is 79.2 Å². The fourth-order valence-corrected chi connectivity index (χ4v) is 1.53. The molecule has 0 bridgehead atoms. The highest BCUT2D eigenvalue weighted by atomic mass is 32.1. The van der Waals surface area contributed by atoms with Gasteiger partial charge in [0.25, 0.3) is 0 Å². The van der Waals surface area contributed by atoms with E-state index in [1.807, 2.05) is 12.1 Å². The Morgan fingerprint density at radius 2 is 2.33 bits per heavy atom. The number of hydrogen-bond donors (Lipinski definition) is 4. The van der Waals surface area contributed by atoms with Crippen molar-refractivity contribution in [2.75, 3.05) is 10.6 Å². The summed E-state index contributed by atoms with van der Waals surface area (Å²) < 4.78 is 0. The van der Waals surface area contributed by atoms with Crippen LogP contribution in [0.2, 0.25) is 0 Å². The molecule has 78 valence electrons. The van der Waals surface area contributed by atoms with Crippen LogP contribution in [-0.4, -0.2) is 11.1 Å². The van der Waals surface area contributed by atoms with Gasteiger partial charge in [0, 0.05) is 17.9 Å². The molecule has 0 spiro atoms. The zero-order valence-corrected chi connectivity index (χ0v) is 8.65. The van der Waals surface area contributed by atoms with Crippen molar-refractivity contribution in [2.24, 2.45) is 5.73 Å². The number of nitrogens with one attached hydrogen (secondary N) is 3. The predicted molar refractivity (Wildman–Crippen MR) is 62.7 cm³/mol. The molecule has 2 amide bonds. The van der Waals surface area contributed by atoms with Crippen LogP contribution in [0.15, 0.2) is 18.2 Å². The molecular formula is C9H10N4OS. The van der Waals surface area contributed by atoms with Gasteiger partial charge < -0.3 is 21.7 Å². The SMILES string of the molecule is NC(=S)Nc1ccc2c(c1)NC(=O)NC2. The molecule has 0 atom stereocenters. The zero-order valence-electron chi connectivity index (χ0n) is 7.83. The molecule has 5 nitrogen and oxygen atoms in total. The number of hydrogen-bond acceptors (Lipinski definition) is 2. The summed E-state index contributed by atoms with van der Waals surface area (Å²) >= 11 is 4.72. The lowest BCUT2D eigenvalue weighted by Crippen LogP contribution is -2.33. The second-order valence-electron chi connectivity index (χ2n) is 3.17. The molecule has 0 saturated heterocycles. The van der Waals surface area contributed by atoms with E-state index in [1.165, 1.54) is 0 Å². The molecule has 1 aromatic carbocycles. The molecule has 6 heteroatoms. The fourth-order valence-electron chi connectivity index (χ4n) is 1.41. The van der Waals surface area contributed by atoms with Gasteiger partial charge in [0.2, 0.25) is 0 Å². The Labute approximate surface area is 92.0 Å². The summed E-state index contributed by atoms with van der Waals surface area (Å²) in [4.78, 5) is 11.1. The first-order valence-corrected chi connectivity index (χ1v) is 4.80. The van der Waals surface area contributed by atoms with Crippen LogP contribution in [-0.2, 0) is 6.54 Å². The lowest BCUT2D eigenvalue weighted by Gasteiger charge is -2.19. The molecule has 15 heavy (non-hydrogen) atoms. The number of thiocarbonyl (C=S) groups is 1. The normalized spacial score (nSPS) is 13.5. The number of amides is 2. The van der Waals surface area contributed by atoms with Gasteiger partial charge in [0.05, 0.1) is 0 Å². The highest BCUT2D eigenvalue weighted by Gasteiger charge is 2.13.